The van der Waals surface area contributed by atoms with Gasteiger partial charge in [-0.25, -0.2) is 4.39 Å². The summed E-state index contributed by atoms with van der Waals surface area (Å²) in [6.45, 7) is 1.07. The minimum atomic E-state index is -0.260. The normalized spacial score (nSPS) is 10.3. The van der Waals surface area contributed by atoms with Crippen LogP contribution in [0.3, 0.4) is 0 Å². The maximum Gasteiger partial charge on any atom is 0.123 e. The number of aromatic nitrogens is 2. The van der Waals surface area contributed by atoms with Gasteiger partial charge in [-0.05, 0) is 54.6 Å². The Morgan fingerprint density at radius 3 is 2.48 bits per heavy atom. The summed E-state index contributed by atoms with van der Waals surface area (Å²) in [4.78, 5) is 0. The average Bonchev–Trinajstić information content (AvgIpc) is 3.05. The number of ether oxygens (including phenoxy) is 1. The second-order valence-corrected chi connectivity index (χ2v) is 4.96. The number of hydrogen-bond acceptors (Lipinski definition) is 3. The number of halogens is 1. The van der Waals surface area contributed by atoms with Crippen molar-refractivity contribution in [2.24, 2.45) is 0 Å². The molecule has 1 aromatic heterocycles. The molecule has 4 nitrogen and oxygen atoms in total. The Labute approximate surface area is 133 Å². The molecule has 0 unspecified atom stereocenters. The molecule has 0 bridgehead atoms. The number of hydrogen-bond donors (Lipinski definition) is 0. The van der Waals surface area contributed by atoms with Crippen molar-refractivity contribution in [3.63, 3.8) is 0 Å². The van der Waals surface area contributed by atoms with Gasteiger partial charge >= 0.3 is 0 Å². The quantitative estimate of drug-likeness (QED) is 0.723. The third-order valence-corrected chi connectivity index (χ3v) is 3.35. The van der Waals surface area contributed by atoms with E-state index in [1.54, 1.807) is 41.1 Å². The van der Waals surface area contributed by atoms with Crippen molar-refractivity contribution < 1.29 is 9.13 Å². The first-order valence-electron chi connectivity index (χ1n) is 7.17. The van der Waals surface area contributed by atoms with Crippen LogP contribution in [0.2, 0.25) is 0 Å². The molecule has 0 saturated carbocycles. The summed E-state index contributed by atoms with van der Waals surface area (Å²) in [6.07, 6.45) is 1.86. The van der Waals surface area contributed by atoms with Gasteiger partial charge in [0.15, 0.2) is 0 Å². The van der Waals surface area contributed by atoms with E-state index >= 15 is 0 Å². The summed E-state index contributed by atoms with van der Waals surface area (Å²) < 4.78 is 20.3. The van der Waals surface area contributed by atoms with Crippen LogP contribution in [0.4, 0.5) is 4.39 Å². The molecule has 2 aromatic carbocycles. The van der Waals surface area contributed by atoms with E-state index in [2.05, 4.69) is 11.2 Å². The molecule has 0 aliphatic rings. The van der Waals surface area contributed by atoms with Gasteiger partial charge in [0.25, 0.3) is 0 Å². The molecule has 1 heterocycles. The fraction of sp³-hybridized carbons (Fsp3) is 0.111. The highest BCUT2D eigenvalue weighted by molar-refractivity contribution is 5.58. The predicted octanol–water partition coefficient (Wildman–Crippen LogP) is 3.64. The van der Waals surface area contributed by atoms with Gasteiger partial charge in [0.1, 0.15) is 18.2 Å². The Bertz CT molecular complexity index is 817. The van der Waals surface area contributed by atoms with Gasteiger partial charge < -0.3 is 4.74 Å². The van der Waals surface area contributed by atoms with Crippen LogP contribution < -0.4 is 4.74 Å². The van der Waals surface area contributed by atoms with Crippen molar-refractivity contribution in [3.05, 3.63) is 72.2 Å². The minimum absolute atomic E-state index is 0.260. The number of rotatable bonds is 5. The van der Waals surface area contributed by atoms with Crippen LogP contribution >= 0.6 is 0 Å². The Kier molecular flexibility index (Phi) is 4.34. The maximum atomic E-state index is 12.9. The standard InChI is InChI=1S/C18H14FN3O/c19-16-5-3-15(4-6-16)18-9-10-22(21-18)11-12-23-17-7-1-14(13-20)2-8-17/h1-10H,11-12H2. The van der Waals surface area contributed by atoms with Crippen LogP contribution in [-0.4, -0.2) is 16.4 Å². The molecule has 0 atom stereocenters. The number of nitrogens with zero attached hydrogens (tertiary/aromatic N) is 3. The average molecular weight is 307 g/mol. The van der Waals surface area contributed by atoms with Crippen molar-refractivity contribution in [2.45, 2.75) is 6.54 Å². The zero-order valence-corrected chi connectivity index (χ0v) is 12.3. The van der Waals surface area contributed by atoms with Crippen molar-refractivity contribution in [1.82, 2.24) is 9.78 Å². The summed E-state index contributed by atoms with van der Waals surface area (Å²) in [5.41, 5.74) is 2.27. The van der Waals surface area contributed by atoms with E-state index in [0.29, 0.717) is 18.7 Å². The number of nitriles is 1. The molecule has 0 saturated heterocycles. The Hall–Kier alpha value is -3.13. The largest absolute Gasteiger partial charge is 0.492 e. The number of benzene rings is 2. The highest BCUT2D eigenvalue weighted by atomic mass is 19.1. The molecule has 0 spiro atoms. The molecule has 114 valence electrons. The lowest BCUT2D eigenvalue weighted by atomic mass is 10.1. The summed E-state index contributed by atoms with van der Waals surface area (Å²) >= 11 is 0. The van der Waals surface area contributed by atoms with Crippen LogP contribution in [0.25, 0.3) is 11.3 Å². The zero-order valence-electron chi connectivity index (χ0n) is 12.3. The third-order valence-electron chi connectivity index (χ3n) is 3.35. The lowest BCUT2D eigenvalue weighted by Gasteiger charge is -2.06. The molecular formula is C18H14FN3O. The van der Waals surface area contributed by atoms with Gasteiger partial charge in [0.05, 0.1) is 23.9 Å². The van der Waals surface area contributed by atoms with Crippen LogP contribution in [0.15, 0.2) is 60.8 Å². The second kappa shape index (κ2) is 6.75. The van der Waals surface area contributed by atoms with E-state index in [0.717, 1.165) is 17.0 Å². The highest BCUT2D eigenvalue weighted by Gasteiger charge is 2.03. The van der Waals surface area contributed by atoms with Gasteiger partial charge in [-0.15, -0.1) is 0 Å². The predicted molar refractivity (Wildman–Crippen MR) is 84.3 cm³/mol. The lowest BCUT2D eigenvalue weighted by molar-refractivity contribution is 0.291. The van der Waals surface area contributed by atoms with E-state index in [1.165, 1.54) is 12.1 Å². The summed E-state index contributed by atoms with van der Waals surface area (Å²) in [6, 6.07) is 17.2. The molecule has 0 aliphatic heterocycles. The van der Waals surface area contributed by atoms with Gasteiger partial charge in [0.2, 0.25) is 0 Å². The topological polar surface area (TPSA) is 50.8 Å². The molecule has 0 amide bonds. The molecule has 3 aromatic rings. The van der Waals surface area contributed by atoms with Crippen molar-refractivity contribution >= 4 is 0 Å². The first-order chi connectivity index (χ1) is 11.2. The van der Waals surface area contributed by atoms with Crippen LogP contribution in [-0.2, 0) is 6.54 Å². The van der Waals surface area contributed by atoms with Crippen LogP contribution in [0, 0.1) is 17.1 Å². The summed E-state index contributed by atoms with van der Waals surface area (Å²) in [7, 11) is 0. The Balaban J connectivity index is 1.56. The third kappa shape index (κ3) is 3.74. The molecule has 0 aliphatic carbocycles. The molecule has 0 fully saturated rings. The van der Waals surface area contributed by atoms with Crippen LogP contribution in [0.1, 0.15) is 5.56 Å². The minimum Gasteiger partial charge on any atom is -0.492 e. The Morgan fingerprint density at radius 1 is 1.04 bits per heavy atom. The van der Waals surface area contributed by atoms with Gasteiger partial charge in [-0.1, -0.05) is 0 Å². The van der Waals surface area contributed by atoms with E-state index in [-0.39, 0.29) is 5.82 Å². The van der Waals surface area contributed by atoms with E-state index < -0.39 is 0 Å². The fourth-order valence-electron chi connectivity index (χ4n) is 2.14. The van der Waals surface area contributed by atoms with Crippen molar-refractivity contribution in [3.8, 4) is 23.1 Å². The molecule has 23 heavy (non-hydrogen) atoms. The first kappa shape index (κ1) is 14.8. The van der Waals surface area contributed by atoms with Gasteiger partial charge in [-0.2, -0.15) is 10.4 Å². The van der Waals surface area contributed by atoms with E-state index in [4.69, 9.17) is 10.00 Å². The summed E-state index contributed by atoms with van der Waals surface area (Å²) in [5, 5.41) is 13.2. The fourth-order valence-corrected chi connectivity index (χ4v) is 2.14. The molecule has 3 rings (SSSR count). The SMILES string of the molecule is N#Cc1ccc(OCCn2ccc(-c3ccc(F)cc3)n2)cc1. The highest BCUT2D eigenvalue weighted by Crippen LogP contribution is 2.17. The molecule has 0 N–H and O–H groups in total. The van der Waals surface area contributed by atoms with Crippen molar-refractivity contribution in [2.75, 3.05) is 6.61 Å². The summed E-state index contributed by atoms with van der Waals surface area (Å²) in [5.74, 6) is 0.457. The Morgan fingerprint density at radius 2 is 1.78 bits per heavy atom. The van der Waals surface area contributed by atoms with Crippen molar-refractivity contribution in [1.29, 1.82) is 5.26 Å². The van der Waals surface area contributed by atoms with E-state index in [9.17, 15) is 4.39 Å². The van der Waals surface area contributed by atoms with Crippen LogP contribution in [0.5, 0.6) is 5.75 Å². The molecular weight excluding hydrogens is 293 g/mol. The molecule has 0 radical (unpaired) electrons. The lowest BCUT2D eigenvalue weighted by Crippen LogP contribution is -2.08. The smallest absolute Gasteiger partial charge is 0.123 e. The second-order valence-electron chi connectivity index (χ2n) is 4.96. The molecule has 5 heteroatoms. The maximum absolute atomic E-state index is 12.9. The zero-order chi connectivity index (χ0) is 16.1. The van der Waals surface area contributed by atoms with Gasteiger partial charge in [0, 0.05) is 11.8 Å². The first-order valence-corrected chi connectivity index (χ1v) is 7.17. The van der Waals surface area contributed by atoms with E-state index in [1.807, 2.05) is 12.3 Å². The monoisotopic (exact) mass is 307 g/mol. The van der Waals surface area contributed by atoms with Gasteiger partial charge in [-0.3, -0.25) is 4.68 Å².